The zero-order valence-electron chi connectivity index (χ0n) is 11.7. The van der Waals surface area contributed by atoms with Gasteiger partial charge in [0, 0.05) is 9.79 Å². The van der Waals surface area contributed by atoms with E-state index in [-0.39, 0.29) is 0 Å². The number of benzene rings is 2. The summed E-state index contributed by atoms with van der Waals surface area (Å²) in [6.07, 6.45) is 2.09. The van der Waals surface area contributed by atoms with Crippen LogP contribution in [-0.4, -0.2) is 11.1 Å². The molecule has 104 valence electrons. The summed E-state index contributed by atoms with van der Waals surface area (Å²) in [5, 5.41) is 8.88. The first-order chi connectivity index (χ1) is 9.63. The molecule has 0 spiro atoms. The molecule has 2 aromatic carbocycles. The van der Waals surface area contributed by atoms with Gasteiger partial charge in [0.05, 0.1) is 5.56 Å². The monoisotopic (exact) mass is 286 g/mol. The zero-order chi connectivity index (χ0) is 14.5. The molecule has 0 atom stereocenters. The summed E-state index contributed by atoms with van der Waals surface area (Å²) >= 11 is 1.66. The third-order valence-electron chi connectivity index (χ3n) is 3.28. The SMILES string of the molecule is CCc1ccc(Sc2ccc(C(=O)O)cc2)cc1CC. The molecule has 0 aliphatic heterocycles. The van der Waals surface area contributed by atoms with Gasteiger partial charge in [0.2, 0.25) is 0 Å². The Hall–Kier alpha value is -1.74. The highest BCUT2D eigenvalue weighted by Crippen LogP contribution is 2.29. The molecule has 0 saturated carbocycles. The molecule has 0 unspecified atom stereocenters. The van der Waals surface area contributed by atoms with Crippen LogP contribution in [0, 0.1) is 0 Å². The second-order valence-electron chi connectivity index (χ2n) is 4.57. The van der Waals surface area contributed by atoms with Crippen molar-refractivity contribution >= 4 is 17.7 Å². The highest BCUT2D eigenvalue weighted by molar-refractivity contribution is 7.99. The lowest BCUT2D eigenvalue weighted by molar-refractivity contribution is 0.0697. The van der Waals surface area contributed by atoms with Crippen molar-refractivity contribution in [3.63, 3.8) is 0 Å². The smallest absolute Gasteiger partial charge is 0.335 e. The number of carbonyl (C=O) groups is 1. The van der Waals surface area contributed by atoms with E-state index in [9.17, 15) is 4.79 Å². The van der Waals surface area contributed by atoms with Gasteiger partial charge in [0.15, 0.2) is 0 Å². The Morgan fingerprint density at radius 1 is 0.950 bits per heavy atom. The predicted octanol–water partition coefficient (Wildman–Crippen LogP) is 4.66. The number of carboxylic acid groups (broad SMARTS) is 1. The predicted molar refractivity (Wildman–Crippen MR) is 82.7 cm³/mol. The lowest BCUT2D eigenvalue weighted by atomic mass is 10.0. The van der Waals surface area contributed by atoms with Crippen molar-refractivity contribution in [3.8, 4) is 0 Å². The van der Waals surface area contributed by atoms with E-state index in [1.807, 2.05) is 12.1 Å². The van der Waals surface area contributed by atoms with Crippen molar-refractivity contribution in [1.29, 1.82) is 0 Å². The molecule has 2 nitrogen and oxygen atoms in total. The fourth-order valence-corrected chi connectivity index (χ4v) is 3.02. The van der Waals surface area contributed by atoms with E-state index in [4.69, 9.17) is 5.11 Å². The van der Waals surface area contributed by atoms with Crippen LogP contribution < -0.4 is 0 Å². The van der Waals surface area contributed by atoms with Gasteiger partial charge in [-0.05, 0) is 60.4 Å². The Morgan fingerprint density at radius 2 is 1.55 bits per heavy atom. The normalized spacial score (nSPS) is 10.5. The first kappa shape index (κ1) is 14.7. The molecule has 0 aliphatic carbocycles. The quantitative estimate of drug-likeness (QED) is 0.868. The second-order valence-corrected chi connectivity index (χ2v) is 5.72. The van der Waals surface area contributed by atoms with Crippen LogP contribution in [-0.2, 0) is 12.8 Å². The highest BCUT2D eigenvalue weighted by Gasteiger charge is 2.05. The summed E-state index contributed by atoms with van der Waals surface area (Å²) in [4.78, 5) is 13.1. The fourth-order valence-electron chi connectivity index (χ4n) is 2.14. The van der Waals surface area contributed by atoms with Gasteiger partial charge in [-0.2, -0.15) is 0 Å². The second kappa shape index (κ2) is 6.62. The molecular formula is C17H18O2S. The summed E-state index contributed by atoms with van der Waals surface area (Å²) in [5.74, 6) is -0.887. The molecule has 2 aromatic rings. The van der Waals surface area contributed by atoms with Crippen molar-refractivity contribution in [2.24, 2.45) is 0 Å². The Balaban J connectivity index is 2.19. The van der Waals surface area contributed by atoms with E-state index < -0.39 is 5.97 Å². The molecule has 0 heterocycles. The summed E-state index contributed by atoms with van der Waals surface area (Å²) in [5.41, 5.74) is 3.11. The molecule has 0 amide bonds. The highest BCUT2D eigenvalue weighted by atomic mass is 32.2. The van der Waals surface area contributed by atoms with Crippen LogP contribution in [0.1, 0.15) is 35.3 Å². The number of aryl methyl sites for hydroxylation is 2. The minimum atomic E-state index is -0.887. The molecule has 0 aromatic heterocycles. The van der Waals surface area contributed by atoms with Crippen LogP contribution in [0.5, 0.6) is 0 Å². The van der Waals surface area contributed by atoms with Gasteiger partial charge < -0.3 is 5.11 Å². The number of hydrogen-bond acceptors (Lipinski definition) is 2. The van der Waals surface area contributed by atoms with Crippen LogP contribution in [0.3, 0.4) is 0 Å². The Kier molecular flexibility index (Phi) is 4.85. The van der Waals surface area contributed by atoms with Crippen LogP contribution in [0.2, 0.25) is 0 Å². The Bertz CT molecular complexity index is 603. The molecule has 3 heteroatoms. The van der Waals surface area contributed by atoms with Crippen LogP contribution in [0.4, 0.5) is 0 Å². The van der Waals surface area contributed by atoms with E-state index in [1.54, 1.807) is 23.9 Å². The van der Waals surface area contributed by atoms with E-state index in [0.29, 0.717) is 5.56 Å². The first-order valence-corrected chi connectivity index (χ1v) is 7.58. The standard InChI is InChI=1S/C17H18O2S/c1-3-12-5-10-16(11-13(12)4-2)20-15-8-6-14(7-9-15)17(18)19/h5-11H,3-4H2,1-2H3,(H,18,19). The van der Waals surface area contributed by atoms with E-state index in [1.165, 1.54) is 16.0 Å². The molecule has 2 rings (SSSR count). The molecule has 0 aliphatic rings. The topological polar surface area (TPSA) is 37.3 Å². The molecule has 0 fully saturated rings. The third-order valence-corrected chi connectivity index (χ3v) is 4.27. The molecule has 20 heavy (non-hydrogen) atoms. The molecule has 0 radical (unpaired) electrons. The van der Waals surface area contributed by atoms with E-state index in [0.717, 1.165) is 17.7 Å². The van der Waals surface area contributed by atoms with Crippen LogP contribution in [0.25, 0.3) is 0 Å². The van der Waals surface area contributed by atoms with Crippen LogP contribution >= 0.6 is 11.8 Å². The minimum absolute atomic E-state index is 0.324. The lowest BCUT2D eigenvalue weighted by Crippen LogP contribution is -1.94. The number of carboxylic acids is 1. The van der Waals surface area contributed by atoms with Crippen LogP contribution in [0.15, 0.2) is 52.3 Å². The zero-order valence-corrected chi connectivity index (χ0v) is 12.5. The van der Waals surface area contributed by atoms with Crippen molar-refractivity contribution < 1.29 is 9.90 Å². The molecular weight excluding hydrogens is 268 g/mol. The summed E-state index contributed by atoms with van der Waals surface area (Å²) in [7, 11) is 0. The summed E-state index contributed by atoms with van der Waals surface area (Å²) < 4.78 is 0. The van der Waals surface area contributed by atoms with Crippen molar-refractivity contribution in [2.45, 2.75) is 36.5 Å². The van der Waals surface area contributed by atoms with Crippen molar-refractivity contribution in [2.75, 3.05) is 0 Å². The number of rotatable bonds is 5. The van der Waals surface area contributed by atoms with Gasteiger partial charge in [-0.15, -0.1) is 0 Å². The fraction of sp³-hybridized carbons (Fsp3) is 0.235. The average molecular weight is 286 g/mol. The largest absolute Gasteiger partial charge is 0.478 e. The number of aromatic carboxylic acids is 1. The maximum absolute atomic E-state index is 10.8. The molecule has 0 bridgehead atoms. The minimum Gasteiger partial charge on any atom is -0.478 e. The van der Waals surface area contributed by atoms with E-state index in [2.05, 4.69) is 32.0 Å². The third kappa shape index (κ3) is 3.42. The maximum Gasteiger partial charge on any atom is 0.335 e. The van der Waals surface area contributed by atoms with Gasteiger partial charge >= 0.3 is 5.97 Å². The maximum atomic E-state index is 10.8. The average Bonchev–Trinajstić information content (AvgIpc) is 2.47. The van der Waals surface area contributed by atoms with Gasteiger partial charge in [-0.3, -0.25) is 0 Å². The van der Waals surface area contributed by atoms with Gasteiger partial charge in [-0.1, -0.05) is 31.7 Å². The van der Waals surface area contributed by atoms with E-state index >= 15 is 0 Å². The Morgan fingerprint density at radius 3 is 2.10 bits per heavy atom. The molecule has 0 saturated heterocycles. The van der Waals surface area contributed by atoms with Crippen molar-refractivity contribution in [1.82, 2.24) is 0 Å². The van der Waals surface area contributed by atoms with Gasteiger partial charge in [0.25, 0.3) is 0 Å². The summed E-state index contributed by atoms with van der Waals surface area (Å²) in [6.45, 7) is 4.34. The van der Waals surface area contributed by atoms with Crippen molar-refractivity contribution in [3.05, 3.63) is 59.2 Å². The first-order valence-electron chi connectivity index (χ1n) is 6.77. The Labute approximate surface area is 123 Å². The lowest BCUT2D eigenvalue weighted by Gasteiger charge is -2.09. The van der Waals surface area contributed by atoms with Gasteiger partial charge in [-0.25, -0.2) is 4.79 Å². The molecule has 1 N–H and O–H groups in total. The van der Waals surface area contributed by atoms with Gasteiger partial charge in [0.1, 0.15) is 0 Å². The summed E-state index contributed by atoms with van der Waals surface area (Å²) in [6, 6.07) is 13.5. The number of hydrogen-bond donors (Lipinski definition) is 1.